The van der Waals surface area contributed by atoms with Gasteiger partial charge in [-0.15, -0.1) is 0 Å². The average Bonchev–Trinajstić information content (AvgIpc) is 3.15. The number of rotatable bonds is 3. The van der Waals surface area contributed by atoms with Crippen molar-refractivity contribution < 1.29 is 22.8 Å². The molecule has 1 aliphatic carbocycles. The number of carbonyl (C=O) groups is 3. The van der Waals surface area contributed by atoms with E-state index in [4.69, 9.17) is 0 Å². The highest BCUT2D eigenvalue weighted by Crippen LogP contribution is 2.37. The Hall–Kier alpha value is -3.78. The van der Waals surface area contributed by atoms with Crippen molar-refractivity contribution in [2.24, 2.45) is 0 Å². The highest BCUT2D eigenvalue weighted by molar-refractivity contribution is 7.90. The summed E-state index contributed by atoms with van der Waals surface area (Å²) in [4.78, 5) is 37.5. The molecule has 3 aromatic rings. The molecule has 0 saturated carbocycles. The molecule has 8 heteroatoms. The van der Waals surface area contributed by atoms with Crippen LogP contribution in [0, 0.1) is 0 Å². The first-order chi connectivity index (χ1) is 14.8. The Labute approximate surface area is 178 Å². The van der Waals surface area contributed by atoms with Crippen LogP contribution >= 0.6 is 0 Å². The van der Waals surface area contributed by atoms with Gasteiger partial charge in [0, 0.05) is 28.9 Å². The highest BCUT2D eigenvalue weighted by Gasteiger charge is 2.40. The smallest absolute Gasteiger partial charge is 0.268 e. The molecule has 3 aromatic carbocycles. The van der Waals surface area contributed by atoms with Crippen LogP contribution in [0.3, 0.4) is 0 Å². The van der Waals surface area contributed by atoms with E-state index in [1.54, 1.807) is 37.3 Å². The minimum absolute atomic E-state index is 0.0168. The number of sulfonamides is 1. The van der Waals surface area contributed by atoms with Crippen LogP contribution in [0.25, 0.3) is 11.1 Å². The van der Waals surface area contributed by atoms with Crippen LogP contribution in [0.2, 0.25) is 0 Å². The van der Waals surface area contributed by atoms with Gasteiger partial charge in [-0.05, 0) is 48.4 Å². The van der Waals surface area contributed by atoms with Gasteiger partial charge in [0.1, 0.15) is 4.90 Å². The second-order valence-electron chi connectivity index (χ2n) is 7.28. The highest BCUT2D eigenvalue weighted by atomic mass is 32.2. The molecule has 1 N–H and O–H groups in total. The lowest BCUT2D eigenvalue weighted by Gasteiger charge is -2.11. The quantitative estimate of drug-likeness (QED) is 0.535. The van der Waals surface area contributed by atoms with Crippen molar-refractivity contribution in [3.63, 3.8) is 0 Å². The van der Waals surface area contributed by atoms with Crippen LogP contribution in [0.5, 0.6) is 0 Å². The predicted molar refractivity (Wildman–Crippen MR) is 114 cm³/mol. The third-order valence-corrected chi connectivity index (χ3v) is 7.44. The fraction of sp³-hybridized carbons (Fsp3) is 0.0870. The van der Waals surface area contributed by atoms with Crippen molar-refractivity contribution in [3.8, 4) is 11.1 Å². The number of nitrogens with zero attached hydrogens (tertiary/aromatic N) is 1. The van der Waals surface area contributed by atoms with Gasteiger partial charge in [-0.25, -0.2) is 12.7 Å². The van der Waals surface area contributed by atoms with Gasteiger partial charge in [0.05, 0.1) is 5.56 Å². The third kappa shape index (κ3) is 2.72. The molecule has 154 valence electrons. The summed E-state index contributed by atoms with van der Waals surface area (Å²) in [5.41, 5.74) is 3.35. The van der Waals surface area contributed by atoms with E-state index in [1.165, 1.54) is 18.2 Å². The van der Waals surface area contributed by atoms with E-state index in [2.05, 4.69) is 5.32 Å². The molecule has 0 radical (unpaired) electrons. The molecule has 5 rings (SSSR count). The first-order valence-corrected chi connectivity index (χ1v) is 11.1. The summed E-state index contributed by atoms with van der Waals surface area (Å²) < 4.78 is 25.9. The summed E-state index contributed by atoms with van der Waals surface area (Å²) in [6.45, 7) is 1.59. The van der Waals surface area contributed by atoms with E-state index in [1.807, 2.05) is 12.1 Å². The maximum absolute atomic E-state index is 12.8. The van der Waals surface area contributed by atoms with Crippen molar-refractivity contribution in [1.29, 1.82) is 0 Å². The standard InChI is InChI=1S/C23H16N2O5S/c1-2-25-23(28)18-9-7-13(11-20(18)31(25,29)30)22(27)24-14-8-10-16-15-5-3-4-6-17(15)21(26)19(16)12-14/h3-12H,2H2,1H3,(H,24,27). The van der Waals surface area contributed by atoms with Crippen molar-refractivity contribution in [1.82, 2.24) is 4.31 Å². The number of nitrogens with one attached hydrogen (secondary N) is 1. The lowest BCUT2D eigenvalue weighted by molar-refractivity contribution is 0.0874. The minimum atomic E-state index is -3.96. The predicted octanol–water partition coefficient (Wildman–Crippen LogP) is 3.31. The molecule has 2 aliphatic rings. The molecule has 0 saturated heterocycles. The van der Waals surface area contributed by atoms with E-state index in [0.29, 0.717) is 16.8 Å². The molecule has 1 heterocycles. The van der Waals surface area contributed by atoms with Crippen molar-refractivity contribution in [2.75, 3.05) is 11.9 Å². The van der Waals surface area contributed by atoms with Gasteiger partial charge in [-0.3, -0.25) is 14.4 Å². The topological polar surface area (TPSA) is 101 Å². The summed E-state index contributed by atoms with van der Waals surface area (Å²) >= 11 is 0. The molecular weight excluding hydrogens is 416 g/mol. The molecule has 0 atom stereocenters. The van der Waals surface area contributed by atoms with Crippen LogP contribution in [-0.2, 0) is 10.0 Å². The molecule has 0 aromatic heterocycles. The first-order valence-electron chi connectivity index (χ1n) is 9.63. The van der Waals surface area contributed by atoms with Gasteiger partial charge >= 0.3 is 0 Å². The molecule has 0 bridgehead atoms. The molecule has 0 spiro atoms. The number of carbonyl (C=O) groups excluding carboxylic acids is 3. The van der Waals surface area contributed by atoms with Crippen molar-refractivity contribution in [2.45, 2.75) is 11.8 Å². The van der Waals surface area contributed by atoms with E-state index < -0.39 is 21.8 Å². The normalized spacial score (nSPS) is 15.5. The third-order valence-electron chi connectivity index (χ3n) is 5.54. The average molecular weight is 432 g/mol. The number of anilines is 1. The SMILES string of the molecule is CCN1C(=O)c2ccc(C(=O)Nc3ccc4c(c3)C(=O)c3ccccc3-4)cc2S1(=O)=O. The maximum atomic E-state index is 12.8. The maximum Gasteiger partial charge on any atom is 0.268 e. The summed E-state index contributed by atoms with van der Waals surface area (Å²) in [5, 5.41) is 2.71. The minimum Gasteiger partial charge on any atom is -0.322 e. The van der Waals surface area contributed by atoms with E-state index >= 15 is 0 Å². The Morgan fingerprint density at radius 1 is 0.871 bits per heavy atom. The zero-order valence-electron chi connectivity index (χ0n) is 16.4. The van der Waals surface area contributed by atoms with Gasteiger partial charge < -0.3 is 5.32 Å². The number of ketones is 1. The van der Waals surface area contributed by atoms with E-state index in [-0.39, 0.29) is 28.4 Å². The summed E-state index contributed by atoms with van der Waals surface area (Å²) in [6, 6.07) is 16.4. The molecule has 7 nitrogen and oxygen atoms in total. The summed E-state index contributed by atoms with van der Waals surface area (Å²) in [5.74, 6) is -1.24. The Morgan fingerprint density at radius 3 is 2.29 bits per heavy atom. The first kappa shape index (κ1) is 19.2. The number of benzene rings is 3. The fourth-order valence-electron chi connectivity index (χ4n) is 4.04. The molecule has 0 fully saturated rings. The Kier molecular flexibility index (Phi) is 4.10. The van der Waals surface area contributed by atoms with Crippen LogP contribution in [-0.4, -0.2) is 36.9 Å². The molecule has 0 unspecified atom stereocenters. The van der Waals surface area contributed by atoms with Gasteiger partial charge in [-0.2, -0.15) is 0 Å². The van der Waals surface area contributed by atoms with Crippen LogP contribution in [0.4, 0.5) is 5.69 Å². The molecule has 2 amide bonds. The zero-order chi connectivity index (χ0) is 21.9. The molecule has 1 aliphatic heterocycles. The van der Waals surface area contributed by atoms with Crippen molar-refractivity contribution in [3.05, 3.63) is 82.9 Å². The van der Waals surface area contributed by atoms with E-state index in [0.717, 1.165) is 15.4 Å². The number of hydrogen-bond donors (Lipinski definition) is 1. The number of amides is 2. The van der Waals surface area contributed by atoms with E-state index in [9.17, 15) is 22.8 Å². The number of fused-ring (bicyclic) bond motifs is 4. The van der Waals surface area contributed by atoms with Crippen molar-refractivity contribution >= 4 is 33.3 Å². The van der Waals surface area contributed by atoms with Crippen LogP contribution < -0.4 is 5.32 Å². The van der Waals surface area contributed by atoms with Gasteiger partial charge in [0.15, 0.2) is 5.78 Å². The Balaban J connectivity index is 1.46. The fourth-order valence-corrected chi connectivity index (χ4v) is 5.64. The summed E-state index contributed by atoms with van der Waals surface area (Å²) in [6.07, 6.45) is 0. The Bertz CT molecular complexity index is 1430. The van der Waals surface area contributed by atoms with Gasteiger partial charge in [-0.1, -0.05) is 30.3 Å². The second-order valence-corrected chi connectivity index (χ2v) is 9.11. The Morgan fingerprint density at radius 2 is 1.55 bits per heavy atom. The van der Waals surface area contributed by atoms with Crippen LogP contribution in [0.1, 0.15) is 43.6 Å². The van der Waals surface area contributed by atoms with Gasteiger partial charge in [0.25, 0.3) is 21.8 Å². The second kappa shape index (κ2) is 6.61. The summed E-state index contributed by atoms with van der Waals surface area (Å²) in [7, 11) is -3.96. The lowest BCUT2D eigenvalue weighted by atomic mass is 10.1. The van der Waals surface area contributed by atoms with Gasteiger partial charge in [0.2, 0.25) is 0 Å². The molecular formula is C23H16N2O5S. The van der Waals surface area contributed by atoms with Crippen LogP contribution in [0.15, 0.2) is 65.6 Å². The monoisotopic (exact) mass is 432 g/mol. The lowest BCUT2D eigenvalue weighted by Crippen LogP contribution is -2.29. The zero-order valence-corrected chi connectivity index (χ0v) is 17.2. The largest absolute Gasteiger partial charge is 0.322 e. The number of hydrogen-bond acceptors (Lipinski definition) is 5. The molecule has 31 heavy (non-hydrogen) atoms.